The molecular formula is C65H67Cl12N7O20. The SMILES string of the molecule is CC(C)CC(=O)OCCOC(=O)Nc1ccc(Cl)c(Cl)c1.CCC(=O)OCCOC(=O)Nc1ccc(Cl)c(Cl)c1.CCCC(=O)OCCOC(=O)Nc1ccc(Cl)c(Cl)c1.NC(=O)OCCOC(=O)Nc1ccc(Cl)c(Cl)c1.O=C(Nc1ccc(Cl)c(Cl)c1)OCCO.O=C=Nc1ccc(Cl)c(Cl)c1. The monoisotopic (exact) mass is 1690 g/mol. The van der Waals surface area contributed by atoms with Crippen LogP contribution in [0.15, 0.2) is 114 Å². The fourth-order valence-electron chi connectivity index (χ4n) is 6.30. The second-order valence-corrected chi connectivity index (χ2v) is 24.4. The second-order valence-electron chi connectivity index (χ2n) is 19.5. The van der Waals surface area contributed by atoms with Crippen LogP contribution in [0.4, 0.5) is 62.9 Å². The number of halogens is 12. The third kappa shape index (κ3) is 45.4. The number of esters is 3. The van der Waals surface area contributed by atoms with Crippen LogP contribution in [-0.2, 0) is 61.8 Å². The minimum Gasteiger partial charge on any atom is -0.462 e. The van der Waals surface area contributed by atoms with Crippen molar-refractivity contribution < 1.29 is 95.7 Å². The number of nitrogens with two attached hydrogens (primary N) is 1. The summed E-state index contributed by atoms with van der Waals surface area (Å²) >= 11 is 68.8. The van der Waals surface area contributed by atoms with Crippen molar-refractivity contribution in [3.8, 4) is 0 Å². The van der Waals surface area contributed by atoms with Gasteiger partial charge in [0.1, 0.15) is 59.5 Å². The zero-order valence-electron chi connectivity index (χ0n) is 55.1. The fraction of sp³-hybridized carbons (Fsp3) is 0.292. The molecule has 6 aromatic carbocycles. The van der Waals surface area contributed by atoms with Gasteiger partial charge < -0.3 is 53.5 Å². The van der Waals surface area contributed by atoms with Crippen molar-refractivity contribution in [1.29, 1.82) is 0 Å². The van der Waals surface area contributed by atoms with Crippen molar-refractivity contribution in [3.63, 3.8) is 0 Å². The lowest BCUT2D eigenvalue weighted by molar-refractivity contribution is -0.146. The summed E-state index contributed by atoms with van der Waals surface area (Å²) in [4.78, 5) is 113. The van der Waals surface area contributed by atoms with Crippen molar-refractivity contribution in [2.45, 2.75) is 53.4 Å². The molecule has 27 nitrogen and oxygen atoms in total. The van der Waals surface area contributed by atoms with Crippen LogP contribution in [0.5, 0.6) is 0 Å². The topological polar surface area (TPSA) is 373 Å². The molecule has 0 aliphatic carbocycles. The first kappa shape index (κ1) is 94.2. The standard InChI is InChI=1S/C14H17Cl2NO4.C13H15Cl2NO4.C12H13Cl2NO4.C10H10Cl2N2O4.C9H9Cl2NO3.C7H3Cl2NO/c1-9(2)7-13(18)20-5-6-21-14(19)17-10-3-4-11(15)12(16)8-10;1-2-3-12(17)19-6-7-20-13(18)16-9-4-5-10(14)11(15)8-9;1-2-11(16)18-5-6-19-12(17)15-8-3-4-9(13)10(14)7-8;11-7-2-1-6(5-8(7)12)14-10(16)18-4-3-17-9(13)15;10-7-2-1-6(5-8(7)11)12-9(14)15-4-3-13;8-6-2-1-5(10-4-11)3-7(6)9/h3-4,8-9H,5-7H2,1-2H3,(H,17,19);4-5,8H,2-3,6-7H2,1H3,(H,16,18);3-4,7H,2,5-6H2,1H3,(H,15,17);1-2,5H,3-4H2,(H2,13,15)(H,14,16);1-2,5,13H,3-4H2,(H,12,14);1-3H. The van der Waals surface area contributed by atoms with Crippen molar-refractivity contribution in [2.24, 2.45) is 16.6 Å². The summed E-state index contributed by atoms with van der Waals surface area (Å²) in [5.41, 5.74) is 7.48. The smallest absolute Gasteiger partial charge is 0.411 e. The number of rotatable bonds is 25. The Labute approximate surface area is 656 Å². The largest absolute Gasteiger partial charge is 0.462 e. The van der Waals surface area contributed by atoms with Crippen molar-refractivity contribution >= 4 is 234 Å². The first-order valence-electron chi connectivity index (χ1n) is 29.8. The molecule has 0 spiro atoms. The maximum absolute atomic E-state index is 11.5. The summed E-state index contributed by atoms with van der Waals surface area (Å²) in [6, 6.07) is 27.9. The molecule has 6 amide bonds. The second kappa shape index (κ2) is 54.7. The minimum absolute atomic E-state index is 0.0113. The molecule has 0 heterocycles. The van der Waals surface area contributed by atoms with E-state index in [1.165, 1.54) is 48.5 Å². The van der Waals surface area contributed by atoms with Crippen LogP contribution < -0.4 is 32.3 Å². The third-order valence-electron chi connectivity index (χ3n) is 10.8. The van der Waals surface area contributed by atoms with Gasteiger partial charge in [0.05, 0.1) is 72.6 Å². The highest BCUT2D eigenvalue weighted by Gasteiger charge is 2.13. The van der Waals surface area contributed by atoms with E-state index in [1.807, 2.05) is 20.8 Å². The van der Waals surface area contributed by atoms with E-state index in [2.05, 4.69) is 41.1 Å². The lowest BCUT2D eigenvalue weighted by atomic mass is 10.1. The first-order valence-corrected chi connectivity index (χ1v) is 34.3. The Hall–Kier alpha value is -7.83. The van der Waals surface area contributed by atoms with Gasteiger partial charge in [-0.05, 0) is 122 Å². The number of nitrogens with one attached hydrogen (secondary N) is 5. The zero-order valence-corrected chi connectivity index (χ0v) is 64.2. The molecule has 8 N–H and O–H groups in total. The quantitative estimate of drug-likeness (QED) is 0.00920. The number of aliphatic hydroxyl groups is 1. The zero-order chi connectivity index (χ0) is 78.1. The van der Waals surface area contributed by atoms with Gasteiger partial charge in [0.15, 0.2) is 0 Å². The Bertz CT molecular complexity index is 3820. The molecule has 0 unspecified atom stereocenters. The van der Waals surface area contributed by atoms with Gasteiger partial charge >= 0.3 is 54.5 Å². The molecular weight excluding hydrogens is 1620 g/mol. The molecule has 0 bridgehead atoms. The van der Waals surface area contributed by atoms with Gasteiger partial charge in [0, 0.05) is 47.7 Å². The molecule has 0 aromatic heterocycles. The minimum atomic E-state index is -0.927. The molecule has 6 aromatic rings. The normalized spacial score (nSPS) is 9.83. The number of benzene rings is 6. The molecule has 39 heteroatoms. The summed E-state index contributed by atoms with van der Waals surface area (Å²) in [7, 11) is 0. The lowest BCUT2D eigenvalue weighted by Gasteiger charge is -2.09. The predicted molar refractivity (Wildman–Crippen MR) is 402 cm³/mol. The number of hydrogen-bond donors (Lipinski definition) is 7. The number of carbonyl (C=O) groups is 9. The number of ether oxygens (including phenoxy) is 9. The Balaban J connectivity index is 0.000000630. The molecule has 0 atom stereocenters. The number of aliphatic imine (C=N–C) groups is 1. The van der Waals surface area contributed by atoms with E-state index >= 15 is 0 Å². The number of aliphatic hydroxyl groups excluding tert-OH is 1. The summed E-state index contributed by atoms with van der Waals surface area (Å²) in [6.45, 7) is 6.98. The summed E-state index contributed by atoms with van der Waals surface area (Å²) in [5.74, 6) is -0.718. The van der Waals surface area contributed by atoms with E-state index in [0.29, 0.717) is 107 Å². The predicted octanol–water partition coefficient (Wildman–Crippen LogP) is 19.6. The van der Waals surface area contributed by atoms with Gasteiger partial charge in [0.25, 0.3) is 0 Å². The third-order valence-corrected chi connectivity index (χ3v) is 15.3. The van der Waals surface area contributed by atoms with Crippen LogP contribution in [0, 0.1) is 5.92 Å². The van der Waals surface area contributed by atoms with E-state index in [-0.39, 0.29) is 96.3 Å². The Kier molecular flexibility index (Phi) is 49.6. The van der Waals surface area contributed by atoms with Crippen LogP contribution in [0.25, 0.3) is 0 Å². The van der Waals surface area contributed by atoms with E-state index in [1.54, 1.807) is 73.7 Å². The number of nitrogens with zero attached hydrogens (tertiary/aromatic N) is 1. The van der Waals surface area contributed by atoms with Gasteiger partial charge in [-0.25, -0.2) is 33.6 Å². The molecule has 104 heavy (non-hydrogen) atoms. The molecule has 0 saturated carbocycles. The van der Waals surface area contributed by atoms with Gasteiger partial charge in [-0.15, -0.1) is 0 Å². The van der Waals surface area contributed by atoms with Gasteiger partial charge in [-0.2, -0.15) is 4.99 Å². The number of primary amides is 1. The van der Waals surface area contributed by atoms with Crippen LogP contribution in [0.3, 0.4) is 0 Å². The number of amides is 6. The van der Waals surface area contributed by atoms with E-state index in [9.17, 15) is 47.9 Å². The molecule has 0 saturated heterocycles. The number of hydrogen-bond acceptors (Lipinski definition) is 21. The van der Waals surface area contributed by atoms with E-state index in [0.717, 1.165) is 6.42 Å². The highest BCUT2D eigenvalue weighted by molar-refractivity contribution is 6.45. The maximum atomic E-state index is 11.5. The molecule has 0 radical (unpaired) electrons. The van der Waals surface area contributed by atoms with Gasteiger partial charge in [-0.1, -0.05) is 167 Å². The molecule has 0 aliphatic rings. The average molecular weight is 1690 g/mol. The summed E-state index contributed by atoms with van der Waals surface area (Å²) in [5, 5.41) is 25.1. The van der Waals surface area contributed by atoms with Crippen LogP contribution in [0.2, 0.25) is 60.3 Å². The van der Waals surface area contributed by atoms with E-state index in [4.69, 9.17) is 183 Å². The van der Waals surface area contributed by atoms with Crippen LogP contribution in [-0.4, -0.2) is 132 Å². The van der Waals surface area contributed by atoms with Crippen molar-refractivity contribution in [3.05, 3.63) is 169 Å². The average Bonchev–Trinajstić information content (AvgIpc) is 0.914. The maximum Gasteiger partial charge on any atom is 0.411 e. The molecule has 0 fully saturated rings. The number of anilines is 5. The Morgan fingerprint density at radius 2 is 0.654 bits per heavy atom. The highest BCUT2D eigenvalue weighted by atomic mass is 35.5. The van der Waals surface area contributed by atoms with Crippen LogP contribution >= 0.6 is 139 Å². The Morgan fingerprint density at radius 1 is 0.385 bits per heavy atom. The number of isocyanates is 1. The first-order chi connectivity index (χ1) is 49.3. The lowest BCUT2D eigenvalue weighted by Crippen LogP contribution is -2.20. The van der Waals surface area contributed by atoms with Gasteiger partial charge in [0.2, 0.25) is 6.08 Å². The molecule has 6 rings (SSSR count). The fourth-order valence-corrected chi connectivity index (χ4v) is 8.08. The van der Waals surface area contributed by atoms with Crippen molar-refractivity contribution in [1.82, 2.24) is 0 Å². The Morgan fingerprint density at radius 3 is 0.913 bits per heavy atom. The number of carbonyl (C=O) groups excluding carboxylic acids is 10. The van der Waals surface area contributed by atoms with E-state index < -0.39 is 36.6 Å². The summed E-state index contributed by atoms with van der Waals surface area (Å²) in [6.07, 6.45) is -1.15. The van der Waals surface area contributed by atoms with Gasteiger partial charge in [-0.3, -0.25) is 41.0 Å². The highest BCUT2D eigenvalue weighted by Crippen LogP contribution is 2.30. The molecule has 0 aliphatic heterocycles. The van der Waals surface area contributed by atoms with Crippen LogP contribution in [0.1, 0.15) is 53.4 Å². The molecule has 566 valence electrons. The summed E-state index contributed by atoms with van der Waals surface area (Å²) < 4.78 is 42.7. The van der Waals surface area contributed by atoms with Crippen molar-refractivity contribution in [2.75, 3.05) is 92.7 Å².